The van der Waals surface area contributed by atoms with Crippen molar-refractivity contribution in [3.63, 3.8) is 0 Å². The molecule has 1 amide bonds. The number of rotatable bonds is 5. The fraction of sp³-hybridized carbons (Fsp3) is 0.818. The third-order valence-corrected chi connectivity index (χ3v) is 10.3. The van der Waals surface area contributed by atoms with Gasteiger partial charge in [-0.3, -0.25) is 9.69 Å². The van der Waals surface area contributed by atoms with Gasteiger partial charge in [0.25, 0.3) is 0 Å². The van der Waals surface area contributed by atoms with Crippen molar-refractivity contribution in [1.82, 2.24) is 19.7 Å². The number of amides is 1. The van der Waals surface area contributed by atoms with Crippen molar-refractivity contribution in [3.8, 4) is 0 Å². The van der Waals surface area contributed by atoms with Crippen LogP contribution in [-0.2, 0) is 14.8 Å². The van der Waals surface area contributed by atoms with Crippen molar-refractivity contribution in [2.75, 3.05) is 26.2 Å². The number of nitrogens with zero attached hydrogens (tertiary/aromatic N) is 3. The minimum Gasteiger partial charge on any atom is -0.360 e. The molecule has 9 heteroatoms. The van der Waals surface area contributed by atoms with E-state index in [-0.39, 0.29) is 22.4 Å². The van der Waals surface area contributed by atoms with E-state index >= 15 is 0 Å². The van der Waals surface area contributed by atoms with Gasteiger partial charge < -0.3 is 9.84 Å². The summed E-state index contributed by atoms with van der Waals surface area (Å²) in [5.41, 5.74) is 0.400. The Morgan fingerprint density at radius 3 is 2.10 bits per heavy atom. The first kappa shape index (κ1) is 21.4. The van der Waals surface area contributed by atoms with Gasteiger partial charge >= 0.3 is 0 Å². The Balaban J connectivity index is 1.20. The predicted octanol–water partition coefficient (Wildman–Crippen LogP) is 2.07. The van der Waals surface area contributed by atoms with E-state index < -0.39 is 10.0 Å². The van der Waals surface area contributed by atoms with E-state index in [2.05, 4.69) is 15.4 Å². The highest BCUT2D eigenvalue weighted by Crippen LogP contribution is 2.55. The summed E-state index contributed by atoms with van der Waals surface area (Å²) in [7, 11) is -3.64. The maximum absolute atomic E-state index is 13.2. The zero-order chi connectivity index (χ0) is 22.0. The lowest BCUT2D eigenvalue weighted by Gasteiger charge is -2.57. The quantitative estimate of drug-likeness (QED) is 0.738. The lowest BCUT2D eigenvalue weighted by atomic mass is 9.53. The summed E-state index contributed by atoms with van der Waals surface area (Å²) in [6.45, 7) is 7.03. The highest BCUT2D eigenvalue weighted by molar-refractivity contribution is 7.89. The molecule has 5 fully saturated rings. The molecule has 0 spiro atoms. The van der Waals surface area contributed by atoms with Crippen molar-refractivity contribution < 1.29 is 17.7 Å². The summed E-state index contributed by atoms with van der Waals surface area (Å²) in [6.07, 6.45) is 7.48. The van der Waals surface area contributed by atoms with Crippen molar-refractivity contribution in [3.05, 3.63) is 11.5 Å². The van der Waals surface area contributed by atoms with E-state index in [1.165, 1.54) is 23.6 Å². The molecule has 172 valence electrons. The predicted molar refractivity (Wildman–Crippen MR) is 115 cm³/mol. The summed E-state index contributed by atoms with van der Waals surface area (Å²) in [5.74, 6) is 2.80. The van der Waals surface area contributed by atoms with Crippen LogP contribution in [0, 0.1) is 31.6 Å². The number of hydrogen-bond donors (Lipinski definition) is 1. The third kappa shape index (κ3) is 3.72. The number of carbonyl (C=O) groups is 1. The van der Waals surface area contributed by atoms with Crippen molar-refractivity contribution in [2.45, 2.75) is 75.8 Å². The molecule has 2 heterocycles. The standard InChI is InChI=1S/C22H34N4O4S/c1-14-20(16(3)30-24-14)31(28,29)26-6-4-25(5-7-26)15(2)21(27)23-22-11-17-8-18(12-22)10-19(9-17)13-22/h15,17-19H,4-13H2,1-3H3,(H,23,27)/t15-,17?,18?,19?,22?/m0/s1. The second kappa shape index (κ2) is 7.56. The van der Waals surface area contributed by atoms with Crippen LogP contribution in [-0.4, -0.2) is 66.4 Å². The highest BCUT2D eigenvalue weighted by atomic mass is 32.2. The minimum absolute atomic E-state index is 0.00852. The number of nitrogens with one attached hydrogen (secondary N) is 1. The van der Waals surface area contributed by atoms with Gasteiger partial charge in [-0.05, 0) is 77.0 Å². The minimum atomic E-state index is -3.64. The molecule has 1 saturated heterocycles. The van der Waals surface area contributed by atoms with Gasteiger partial charge in [-0.25, -0.2) is 8.42 Å². The Labute approximate surface area is 184 Å². The largest absolute Gasteiger partial charge is 0.360 e. The summed E-state index contributed by atoms with van der Waals surface area (Å²) < 4.78 is 32.6. The van der Waals surface area contributed by atoms with E-state index in [4.69, 9.17) is 4.52 Å². The SMILES string of the molecule is Cc1noc(C)c1S(=O)(=O)N1CCN([C@@H](C)C(=O)NC23CC4CC(CC(C4)C2)C3)CC1. The van der Waals surface area contributed by atoms with Gasteiger partial charge in [0, 0.05) is 31.7 Å². The number of aryl methyl sites for hydroxylation is 2. The highest BCUT2D eigenvalue weighted by Gasteiger charge is 2.52. The van der Waals surface area contributed by atoms with Gasteiger partial charge in [0.2, 0.25) is 15.9 Å². The molecule has 0 unspecified atom stereocenters. The van der Waals surface area contributed by atoms with Crippen molar-refractivity contribution in [2.24, 2.45) is 17.8 Å². The average Bonchev–Trinajstić information content (AvgIpc) is 3.05. The molecule has 6 rings (SSSR count). The number of hydrogen-bond acceptors (Lipinski definition) is 6. The number of carbonyl (C=O) groups excluding carboxylic acids is 1. The molecule has 8 nitrogen and oxygen atoms in total. The first-order valence-electron chi connectivity index (χ1n) is 11.7. The van der Waals surface area contributed by atoms with E-state index in [1.807, 2.05) is 6.92 Å². The molecule has 4 saturated carbocycles. The molecule has 1 N–H and O–H groups in total. The molecular formula is C22H34N4O4S. The van der Waals surface area contributed by atoms with Crippen LogP contribution in [0.5, 0.6) is 0 Å². The molecule has 4 bridgehead atoms. The number of sulfonamides is 1. The molecule has 1 atom stereocenters. The molecule has 5 aliphatic rings. The lowest BCUT2D eigenvalue weighted by Crippen LogP contribution is -2.63. The van der Waals surface area contributed by atoms with Gasteiger partial charge in [0.15, 0.2) is 5.76 Å². The summed E-state index contributed by atoms with van der Waals surface area (Å²) in [6, 6.07) is -0.253. The van der Waals surface area contributed by atoms with Crippen LogP contribution in [0.15, 0.2) is 9.42 Å². The summed E-state index contributed by atoms with van der Waals surface area (Å²) in [5, 5.41) is 7.26. The number of aromatic nitrogens is 1. The Morgan fingerprint density at radius 1 is 1.06 bits per heavy atom. The van der Waals surface area contributed by atoms with E-state index in [1.54, 1.807) is 13.8 Å². The second-order valence-corrected chi connectivity index (χ2v) is 12.3. The monoisotopic (exact) mass is 450 g/mol. The van der Waals surface area contributed by atoms with Crippen LogP contribution >= 0.6 is 0 Å². The van der Waals surface area contributed by atoms with Crippen molar-refractivity contribution >= 4 is 15.9 Å². The zero-order valence-corrected chi connectivity index (χ0v) is 19.6. The van der Waals surface area contributed by atoms with Gasteiger partial charge in [0.1, 0.15) is 10.6 Å². The van der Waals surface area contributed by atoms with E-state index in [9.17, 15) is 13.2 Å². The van der Waals surface area contributed by atoms with Gasteiger partial charge in [-0.1, -0.05) is 5.16 Å². The Bertz CT molecular complexity index is 909. The Kier molecular flexibility index (Phi) is 5.22. The van der Waals surface area contributed by atoms with Crippen LogP contribution < -0.4 is 5.32 Å². The van der Waals surface area contributed by atoms with Crippen LogP contribution in [0.2, 0.25) is 0 Å². The fourth-order valence-corrected chi connectivity index (χ4v) is 8.81. The normalized spacial score (nSPS) is 34.7. The smallest absolute Gasteiger partial charge is 0.248 e. The van der Waals surface area contributed by atoms with Crippen LogP contribution in [0.1, 0.15) is 56.9 Å². The second-order valence-electron chi connectivity index (χ2n) is 10.5. The maximum atomic E-state index is 13.2. The molecule has 1 aromatic rings. The molecule has 31 heavy (non-hydrogen) atoms. The van der Waals surface area contributed by atoms with Gasteiger partial charge in [-0.15, -0.1) is 0 Å². The molecule has 4 aliphatic carbocycles. The Morgan fingerprint density at radius 2 is 1.61 bits per heavy atom. The van der Waals surface area contributed by atoms with E-state index in [0.717, 1.165) is 37.0 Å². The molecule has 1 aromatic heterocycles. The first-order valence-corrected chi connectivity index (χ1v) is 13.1. The lowest BCUT2D eigenvalue weighted by molar-refractivity contribution is -0.132. The topological polar surface area (TPSA) is 95.8 Å². The van der Waals surface area contributed by atoms with Gasteiger partial charge in [-0.2, -0.15) is 4.31 Å². The molecule has 0 radical (unpaired) electrons. The molecular weight excluding hydrogens is 416 g/mol. The fourth-order valence-electron chi connectivity index (χ4n) is 7.10. The van der Waals surface area contributed by atoms with Gasteiger partial charge in [0.05, 0.1) is 6.04 Å². The molecule has 1 aliphatic heterocycles. The number of piperazine rings is 1. The van der Waals surface area contributed by atoms with Crippen LogP contribution in [0.4, 0.5) is 0 Å². The van der Waals surface area contributed by atoms with Crippen LogP contribution in [0.25, 0.3) is 0 Å². The summed E-state index contributed by atoms with van der Waals surface area (Å²) in [4.78, 5) is 15.5. The first-order chi connectivity index (χ1) is 14.7. The Hall–Kier alpha value is -1.45. The van der Waals surface area contributed by atoms with E-state index in [0.29, 0.717) is 37.6 Å². The average molecular weight is 451 g/mol. The zero-order valence-electron chi connectivity index (χ0n) is 18.8. The van der Waals surface area contributed by atoms with Crippen LogP contribution in [0.3, 0.4) is 0 Å². The maximum Gasteiger partial charge on any atom is 0.248 e. The molecule has 0 aromatic carbocycles. The third-order valence-electron chi connectivity index (χ3n) is 8.19. The van der Waals surface area contributed by atoms with Crippen molar-refractivity contribution in [1.29, 1.82) is 0 Å². The summed E-state index contributed by atoms with van der Waals surface area (Å²) >= 11 is 0.